The number of hydrogen-bond donors (Lipinski definition) is 4. The normalized spacial score (nSPS) is 42.5. The molecule has 0 saturated carbocycles. The average molecular weight is 262 g/mol. The summed E-state index contributed by atoms with van der Waals surface area (Å²) < 4.78 is 9.66. The van der Waals surface area contributed by atoms with Crippen LogP contribution < -0.4 is 0 Å². The van der Waals surface area contributed by atoms with Crippen LogP contribution in [0.3, 0.4) is 0 Å². The fourth-order valence-electron chi connectivity index (χ4n) is 2.34. The summed E-state index contributed by atoms with van der Waals surface area (Å²) in [7, 11) is 0. The number of aliphatic hydroxyl groups is 1. The first-order valence-electron chi connectivity index (χ1n) is 5.01. The Bertz CT molecular complexity index is 432. The summed E-state index contributed by atoms with van der Waals surface area (Å²) in [6.07, 6.45) is -3.71. The van der Waals surface area contributed by atoms with Crippen LogP contribution in [-0.2, 0) is 23.9 Å². The standard InChI is InChI=1S/C9H10O9/c10-5(11)4-9(16,7(14)15)8(6(12)13)2-1-3(17-4)18-8/h3-4,16H,1-2H2,(H,10,11)(H,12,13)(H,14,15). The second-order valence-corrected chi connectivity index (χ2v) is 4.14. The molecule has 9 nitrogen and oxygen atoms in total. The molecule has 18 heavy (non-hydrogen) atoms. The molecular formula is C9H10O9. The van der Waals surface area contributed by atoms with Gasteiger partial charge in [0.15, 0.2) is 6.29 Å². The Labute approximate surface area is 99.5 Å². The highest BCUT2D eigenvalue weighted by Crippen LogP contribution is 2.47. The molecule has 4 atom stereocenters. The van der Waals surface area contributed by atoms with E-state index in [2.05, 4.69) is 0 Å². The summed E-state index contributed by atoms with van der Waals surface area (Å²) in [5.41, 5.74) is -5.69. The Balaban J connectivity index is 2.60. The maximum Gasteiger partial charge on any atom is 0.342 e. The van der Waals surface area contributed by atoms with E-state index in [0.29, 0.717) is 0 Å². The molecule has 2 aliphatic rings. The van der Waals surface area contributed by atoms with Crippen LogP contribution in [0.2, 0.25) is 0 Å². The van der Waals surface area contributed by atoms with Gasteiger partial charge in [-0.3, -0.25) is 0 Å². The molecule has 2 heterocycles. The summed E-state index contributed by atoms with van der Waals surface area (Å²) in [6.45, 7) is 0. The molecule has 2 bridgehead atoms. The van der Waals surface area contributed by atoms with Crippen LogP contribution >= 0.6 is 0 Å². The van der Waals surface area contributed by atoms with Crippen molar-refractivity contribution in [1.82, 2.24) is 0 Å². The van der Waals surface area contributed by atoms with Crippen molar-refractivity contribution < 1.29 is 44.3 Å². The number of ether oxygens (including phenoxy) is 2. The number of hydrogen-bond acceptors (Lipinski definition) is 6. The number of fused-ring (bicyclic) bond motifs is 2. The van der Waals surface area contributed by atoms with Crippen molar-refractivity contribution in [3.05, 3.63) is 0 Å². The zero-order valence-corrected chi connectivity index (χ0v) is 8.90. The second-order valence-electron chi connectivity index (χ2n) is 4.14. The zero-order chi connectivity index (χ0) is 13.7. The van der Waals surface area contributed by atoms with Gasteiger partial charge in [0.1, 0.15) is 0 Å². The van der Waals surface area contributed by atoms with Gasteiger partial charge in [-0.05, 0) is 6.42 Å². The van der Waals surface area contributed by atoms with Crippen molar-refractivity contribution in [3.63, 3.8) is 0 Å². The predicted octanol–water partition coefficient (Wildman–Crippen LogP) is -1.75. The van der Waals surface area contributed by atoms with Crippen molar-refractivity contribution >= 4 is 17.9 Å². The molecular weight excluding hydrogens is 252 g/mol. The van der Waals surface area contributed by atoms with Crippen LogP contribution in [0.1, 0.15) is 12.8 Å². The Morgan fingerprint density at radius 2 is 1.72 bits per heavy atom. The molecule has 100 valence electrons. The molecule has 0 aliphatic carbocycles. The minimum Gasteiger partial charge on any atom is -0.479 e. The summed E-state index contributed by atoms with van der Waals surface area (Å²) in [6, 6.07) is 0. The molecule has 9 heteroatoms. The van der Waals surface area contributed by atoms with Gasteiger partial charge >= 0.3 is 17.9 Å². The third-order valence-corrected chi connectivity index (χ3v) is 3.24. The molecule has 0 aromatic rings. The largest absolute Gasteiger partial charge is 0.479 e. The van der Waals surface area contributed by atoms with Gasteiger partial charge in [0.25, 0.3) is 0 Å². The molecule has 0 aromatic carbocycles. The molecule has 2 fully saturated rings. The third kappa shape index (κ3) is 1.29. The van der Waals surface area contributed by atoms with E-state index in [0.717, 1.165) is 0 Å². The van der Waals surface area contributed by atoms with E-state index >= 15 is 0 Å². The molecule has 0 radical (unpaired) electrons. The van der Waals surface area contributed by atoms with Gasteiger partial charge < -0.3 is 29.9 Å². The van der Waals surface area contributed by atoms with E-state index in [-0.39, 0.29) is 12.8 Å². The van der Waals surface area contributed by atoms with E-state index in [9.17, 15) is 19.5 Å². The smallest absolute Gasteiger partial charge is 0.342 e. The van der Waals surface area contributed by atoms with Gasteiger partial charge in [0.2, 0.25) is 17.3 Å². The van der Waals surface area contributed by atoms with Crippen molar-refractivity contribution in [1.29, 1.82) is 0 Å². The van der Waals surface area contributed by atoms with Crippen molar-refractivity contribution in [2.45, 2.75) is 36.4 Å². The highest BCUT2D eigenvalue weighted by molar-refractivity contribution is 5.96. The number of carboxylic acid groups (broad SMARTS) is 3. The summed E-state index contributed by atoms with van der Waals surface area (Å²) in [4.78, 5) is 33.3. The number of rotatable bonds is 3. The lowest BCUT2D eigenvalue weighted by Gasteiger charge is -2.44. The van der Waals surface area contributed by atoms with Gasteiger partial charge in [0, 0.05) is 6.42 Å². The number of carboxylic acids is 3. The van der Waals surface area contributed by atoms with Gasteiger partial charge in [-0.2, -0.15) is 0 Å². The zero-order valence-electron chi connectivity index (χ0n) is 8.90. The maximum atomic E-state index is 11.2. The minimum absolute atomic E-state index is 0.00826. The van der Waals surface area contributed by atoms with E-state index in [1.807, 2.05) is 0 Å². The lowest BCUT2D eigenvalue weighted by molar-refractivity contribution is -0.316. The maximum absolute atomic E-state index is 11.2. The van der Waals surface area contributed by atoms with Crippen LogP contribution in [0.4, 0.5) is 0 Å². The minimum atomic E-state index is -3.18. The summed E-state index contributed by atoms with van der Waals surface area (Å²) >= 11 is 0. The van der Waals surface area contributed by atoms with Crippen LogP contribution in [-0.4, -0.2) is 61.9 Å². The van der Waals surface area contributed by atoms with Gasteiger partial charge in [-0.1, -0.05) is 0 Å². The molecule has 4 N–H and O–H groups in total. The first-order chi connectivity index (χ1) is 8.25. The fraction of sp³-hybridized carbons (Fsp3) is 0.667. The van der Waals surface area contributed by atoms with Gasteiger partial charge in [-0.25, -0.2) is 14.4 Å². The molecule has 2 aliphatic heterocycles. The number of carbonyl (C=O) groups is 3. The highest BCUT2D eigenvalue weighted by Gasteiger charge is 2.74. The SMILES string of the molecule is O=C(O)C1OC2CCC(C(=O)O)(O2)C1(O)C(=O)O. The van der Waals surface area contributed by atoms with E-state index in [1.54, 1.807) is 0 Å². The topological polar surface area (TPSA) is 151 Å². The first kappa shape index (κ1) is 12.7. The second kappa shape index (κ2) is 3.64. The van der Waals surface area contributed by atoms with Crippen LogP contribution in [0.5, 0.6) is 0 Å². The van der Waals surface area contributed by atoms with E-state index in [4.69, 9.17) is 24.8 Å². The fourth-order valence-corrected chi connectivity index (χ4v) is 2.34. The first-order valence-corrected chi connectivity index (χ1v) is 5.01. The Morgan fingerprint density at radius 3 is 2.17 bits per heavy atom. The van der Waals surface area contributed by atoms with Gasteiger partial charge in [0.05, 0.1) is 0 Å². The van der Waals surface area contributed by atoms with Crippen molar-refractivity contribution in [2.24, 2.45) is 0 Å². The van der Waals surface area contributed by atoms with Crippen molar-refractivity contribution in [3.8, 4) is 0 Å². The Morgan fingerprint density at radius 1 is 1.11 bits per heavy atom. The quantitative estimate of drug-likeness (QED) is 0.463. The summed E-state index contributed by atoms with van der Waals surface area (Å²) in [5, 5.41) is 37.1. The van der Waals surface area contributed by atoms with Crippen molar-refractivity contribution in [2.75, 3.05) is 0 Å². The molecule has 2 rings (SSSR count). The Kier molecular flexibility index (Phi) is 2.58. The Hall–Kier alpha value is -1.71. The van der Waals surface area contributed by atoms with E-state index < -0.39 is 41.5 Å². The molecule has 2 saturated heterocycles. The highest BCUT2D eigenvalue weighted by atomic mass is 16.7. The lowest BCUT2D eigenvalue weighted by Crippen LogP contribution is -2.73. The van der Waals surface area contributed by atoms with Gasteiger partial charge in [-0.15, -0.1) is 0 Å². The third-order valence-electron chi connectivity index (χ3n) is 3.24. The van der Waals surface area contributed by atoms with Crippen LogP contribution in [0, 0.1) is 0 Å². The van der Waals surface area contributed by atoms with Crippen LogP contribution in [0.25, 0.3) is 0 Å². The van der Waals surface area contributed by atoms with Crippen LogP contribution in [0.15, 0.2) is 0 Å². The monoisotopic (exact) mass is 262 g/mol. The molecule has 4 unspecified atom stereocenters. The average Bonchev–Trinajstić information content (AvgIpc) is 2.65. The summed E-state index contributed by atoms with van der Waals surface area (Å²) in [5.74, 6) is -5.51. The lowest BCUT2D eigenvalue weighted by atomic mass is 9.76. The van der Waals surface area contributed by atoms with E-state index in [1.165, 1.54) is 0 Å². The molecule has 0 amide bonds. The molecule has 0 spiro atoms. The molecule has 0 aromatic heterocycles. The number of aliphatic carboxylic acids is 3. The predicted molar refractivity (Wildman–Crippen MR) is 49.6 cm³/mol.